The number of rotatable bonds is 4. The maximum atomic E-state index is 13.2. The number of hydrogen-bond donors (Lipinski definition) is 2. The third-order valence-electron chi connectivity index (χ3n) is 3.16. The molecule has 0 atom stereocenters. The quantitative estimate of drug-likeness (QED) is 0.778. The average Bonchev–Trinajstić information content (AvgIpc) is 2.91. The minimum Gasteiger partial charge on any atom is -0.375 e. The Morgan fingerprint density at radius 1 is 1.27 bits per heavy atom. The van der Waals surface area contributed by atoms with Crippen molar-refractivity contribution in [3.8, 4) is 11.4 Å². The van der Waals surface area contributed by atoms with Crippen LogP contribution in [0.3, 0.4) is 0 Å². The summed E-state index contributed by atoms with van der Waals surface area (Å²) in [6.45, 7) is 0.0108. The van der Waals surface area contributed by atoms with Gasteiger partial charge in [0.2, 0.25) is 5.91 Å². The molecular formula is C16H14FN3O2. The number of nitrogens with zero attached hydrogens (tertiary/aromatic N) is 1. The van der Waals surface area contributed by atoms with Gasteiger partial charge in [0, 0.05) is 18.4 Å². The molecular weight excluding hydrogens is 285 g/mol. The number of H-pyrrole nitrogens is 1. The fourth-order valence-corrected chi connectivity index (χ4v) is 2.16. The molecule has 0 aliphatic heterocycles. The van der Waals surface area contributed by atoms with E-state index >= 15 is 0 Å². The molecule has 1 aromatic heterocycles. The van der Waals surface area contributed by atoms with Crippen molar-refractivity contribution in [1.82, 2.24) is 9.97 Å². The number of amides is 1. The van der Waals surface area contributed by atoms with Gasteiger partial charge in [-0.1, -0.05) is 0 Å². The van der Waals surface area contributed by atoms with Crippen LogP contribution in [0.2, 0.25) is 0 Å². The highest BCUT2D eigenvalue weighted by molar-refractivity contribution is 5.92. The van der Waals surface area contributed by atoms with E-state index in [0.717, 1.165) is 5.56 Å². The van der Waals surface area contributed by atoms with E-state index in [4.69, 9.17) is 4.74 Å². The van der Waals surface area contributed by atoms with Crippen LogP contribution in [0.5, 0.6) is 0 Å². The fraction of sp³-hybridized carbons (Fsp3) is 0.125. The molecule has 0 saturated heterocycles. The molecule has 0 bridgehead atoms. The van der Waals surface area contributed by atoms with Crippen LogP contribution in [0, 0.1) is 5.82 Å². The van der Waals surface area contributed by atoms with E-state index in [1.165, 1.54) is 19.2 Å². The molecule has 22 heavy (non-hydrogen) atoms. The molecule has 112 valence electrons. The van der Waals surface area contributed by atoms with Crippen molar-refractivity contribution in [1.29, 1.82) is 0 Å². The summed E-state index contributed by atoms with van der Waals surface area (Å²) in [7, 11) is 1.47. The number of anilines is 1. The van der Waals surface area contributed by atoms with Gasteiger partial charge >= 0.3 is 0 Å². The highest BCUT2D eigenvalue weighted by Crippen LogP contribution is 2.22. The lowest BCUT2D eigenvalue weighted by molar-refractivity contribution is -0.119. The third-order valence-corrected chi connectivity index (χ3v) is 3.16. The number of fused-ring (bicyclic) bond motifs is 1. The minimum absolute atomic E-state index is 0.0108. The molecule has 0 spiro atoms. The number of halogens is 1. The number of imidazole rings is 1. The zero-order valence-corrected chi connectivity index (χ0v) is 11.9. The summed E-state index contributed by atoms with van der Waals surface area (Å²) in [5.74, 6) is 0.128. The van der Waals surface area contributed by atoms with Gasteiger partial charge in [-0.05, 0) is 42.5 Å². The molecule has 6 heteroatoms. The summed E-state index contributed by atoms with van der Waals surface area (Å²) in [5.41, 5.74) is 2.87. The predicted molar refractivity (Wildman–Crippen MR) is 82.0 cm³/mol. The number of ether oxygens (including phenoxy) is 1. The predicted octanol–water partition coefficient (Wildman–Crippen LogP) is 2.95. The number of carbonyl (C=O) groups excluding carboxylic acids is 1. The molecule has 0 aliphatic carbocycles. The van der Waals surface area contributed by atoms with Gasteiger partial charge < -0.3 is 15.0 Å². The molecule has 0 fully saturated rings. The van der Waals surface area contributed by atoms with Gasteiger partial charge in [-0.2, -0.15) is 0 Å². The van der Waals surface area contributed by atoms with Crippen LogP contribution in [0.15, 0.2) is 42.5 Å². The van der Waals surface area contributed by atoms with Crippen molar-refractivity contribution >= 4 is 22.6 Å². The van der Waals surface area contributed by atoms with E-state index < -0.39 is 0 Å². The van der Waals surface area contributed by atoms with Crippen molar-refractivity contribution in [2.75, 3.05) is 19.0 Å². The molecule has 5 nitrogen and oxygen atoms in total. The van der Waals surface area contributed by atoms with Crippen LogP contribution in [0.4, 0.5) is 10.1 Å². The van der Waals surface area contributed by atoms with Crippen LogP contribution in [-0.2, 0) is 9.53 Å². The standard InChI is InChI=1S/C16H14FN3O2/c1-22-9-15(21)18-12-5-2-10(3-6-12)16-19-13-7-4-11(17)8-14(13)20-16/h2-8H,9H2,1H3,(H,18,21)(H,19,20). The zero-order chi connectivity index (χ0) is 15.5. The Morgan fingerprint density at radius 2 is 2.05 bits per heavy atom. The largest absolute Gasteiger partial charge is 0.375 e. The van der Waals surface area contributed by atoms with E-state index in [9.17, 15) is 9.18 Å². The Morgan fingerprint density at radius 3 is 2.77 bits per heavy atom. The molecule has 3 rings (SSSR count). The molecule has 3 aromatic rings. The SMILES string of the molecule is COCC(=O)Nc1ccc(-c2nc3ccc(F)cc3[nH]2)cc1. The molecule has 2 N–H and O–H groups in total. The van der Waals surface area contributed by atoms with Gasteiger partial charge in [0.1, 0.15) is 18.2 Å². The second kappa shape index (κ2) is 5.95. The maximum absolute atomic E-state index is 13.2. The molecule has 1 amide bonds. The van der Waals surface area contributed by atoms with Gasteiger partial charge in [-0.15, -0.1) is 0 Å². The van der Waals surface area contributed by atoms with Gasteiger partial charge in [0.15, 0.2) is 0 Å². The summed E-state index contributed by atoms with van der Waals surface area (Å²) in [6.07, 6.45) is 0. The zero-order valence-electron chi connectivity index (χ0n) is 11.9. The number of aromatic nitrogens is 2. The average molecular weight is 299 g/mol. The highest BCUT2D eigenvalue weighted by atomic mass is 19.1. The van der Waals surface area contributed by atoms with Crippen molar-refractivity contribution in [3.63, 3.8) is 0 Å². The molecule has 0 aliphatic rings. The highest BCUT2D eigenvalue weighted by Gasteiger charge is 2.07. The summed E-state index contributed by atoms with van der Waals surface area (Å²) in [5, 5.41) is 2.71. The summed E-state index contributed by atoms with van der Waals surface area (Å²) in [4.78, 5) is 18.9. The smallest absolute Gasteiger partial charge is 0.250 e. The van der Waals surface area contributed by atoms with Crippen molar-refractivity contribution < 1.29 is 13.9 Å². The van der Waals surface area contributed by atoms with Crippen LogP contribution < -0.4 is 5.32 Å². The van der Waals surface area contributed by atoms with Crippen molar-refractivity contribution in [3.05, 3.63) is 48.3 Å². The molecule has 0 radical (unpaired) electrons. The topological polar surface area (TPSA) is 67.0 Å². The second-order valence-electron chi connectivity index (χ2n) is 4.81. The first-order valence-electron chi connectivity index (χ1n) is 6.70. The van der Waals surface area contributed by atoms with Crippen molar-refractivity contribution in [2.45, 2.75) is 0 Å². The number of benzene rings is 2. The number of carbonyl (C=O) groups is 1. The van der Waals surface area contributed by atoms with Crippen molar-refractivity contribution in [2.24, 2.45) is 0 Å². The number of nitrogens with one attached hydrogen (secondary N) is 2. The van der Waals surface area contributed by atoms with Crippen LogP contribution in [-0.4, -0.2) is 29.6 Å². The Bertz CT molecular complexity index is 812. The minimum atomic E-state index is -0.307. The first-order chi connectivity index (χ1) is 10.7. The van der Waals surface area contributed by atoms with Gasteiger partial charge in [0.05, 0.1) is 11.0 Å². The monoisotopic (exact) mass is 299 g/mol. The van der Waals surface area contributed by atoms with Gasteiger partial charge in [-0.3, -0.25) is 4.79 Å². The first-order valence-corrected chi connectivity index (χ1v) is 6.70. The summed E-state index contributed by atoms with van der Waals surface area (Å²) >= 11 is 0. The number of aromatic amines is 1. The van der Waals surface area contributed by atoms with Gasteiger partial charge in [-0.25, -0.2) is 9.37 Å². The van der Waals surface area contributed by atoms with E-state index in [0.29, 0.717) is 22.5 Å². The lowest BCUT2D eigenvalue weighted by Crippen LogP contribution is -2.16. The van der Waals surface area contributed by atoms with E-state index in [1.54, 1.807) is 18.2 Å². The summed E-state index contributed by atoms with van der Waals surface area (Å²) in [6, 6.07) is 11.6. The molecule has 0 unspecified atom stereocenters. The third kappa shape index (κ3) is 2.96. The number of methoxy groups -OCH3 is 1. The van der Waals surface area contributed by atoms with Crippen LogP contribution in [0.25, 0.3) is 22.4 Å². The molecule has 2 aromatic carbocycles. The Hall–Kier alpha value is -2.73. The maximum Gasteiger partial charge on any atom is 0.250 e. The Labute approximate surface area is 126 Å². The molecule has 0 saturated carbocycles. The normalized spacial score (nSPS) is 10.8. The van der Waals surface area contributed by atoms with Gasteiger partial charge in [0.25, 0.3) is 0 Å². The Kier molecular flexibility index (Phi) is 3.84. The van der Waals surface area contributed by atoms with E-state index in [1.807, 2.05) is 12.1 Å². The van der Waals surface area contributed by atoms with E-state index in [-0.39, 0.29) is 18.3 Å². The lowest BCUT2D eigenvalue weighted by Gasteiger charge is -2.04. The fourth-order valence-electron chi connectivity index (χ4n) is 2.16. The van der Waals surface area contributed by atoms with Crippen LogP contribution in [0.1, 0.15) is 0 Å². The van der Waals surface area contributed by atoms with Crippen LogP contribution >= 0.6 is 0 Å². The number of hydrogen-bond acceptors (Lipinski definition) is 3. The second-order valence-corrected chi connectivity index (χ2v) is 4.81. The lowest BCUT2D eigenvalue weighted by atomic mass is 10.2. The van der Waals surface area contributed by atoms with E-state index in [2.05, 4.69) is 15.3 Å². The first kappa shape index (κ1) is 14.2. The molecule has 1 heterocycles. The Balaban J connectivity index is 1.83. The summed E-state index contributed by atoms with van der Waals surface area (Å²) < 4.78 is 17.9.